The third-order valence-electron chi connectivity index (χ3n) is 3.15. The van der Waals surface area contributed by atoms with Gasteiger partial charge >= 0.3 is 0 Å². The molecule has 0 bridgehead atoms. The zero-order valence-corrected chi connectivity index (χ0v) is 12.4. The number of hydrogen-bond acceptors (Lipinski definition) is 4. The Morgan fingerprint density at radius 2 is 1.96 bits per heavy atom. The Morgan fingerprint density at radius 1 is 1.09 bits per heavy atom. The molecule has 0 aliphatic rings. The first kappa shape index (κ1) is 14.8. The van der Waals surface area contributed by atoms with E-state index in [2.05, 4.69) is 15.4 Å². The van der Waals surface area contributed by atoms with Crippen molar-refractivity contribution >= 4 is 5.91 Å². The third-order valence-corrected chi connectivity index (χ3v) is 3.15. The van der Waals surface area contributed by atoms with E-state index in [0.29, 0.717) is 18.2 Å². The zero-order chi connectivity index (χ0) is 15.9. The molecule has 23 heavy (non-hydrogen) atoms. The number of para-hydroxylation sites is 1. The monoisotopic (exact) mass is 308 g/mol. The minimum absolute atomic E-state index is 0.122. The van der Waals surface area contributed by atoms with Gasteiger partial charge < -0.3 is 10.1 Å². The second-order valence-electron chi connectivity index (χ2n) is 4.86. The molecule has 116 valence electrons. The molecule has 0 atom stereocenters. The van der Waals surface area contributed by atoms with E-state index in [1.165, 1.54) is 0 Å². The van der Waals surface area contributed by atoms with Crippen molar-refractivity contribution in [2.45, 2.75) is 13.1 Å². The van der Waals surface area contributed by atoms with Crippen LogP contribution in [-0.4, -0.2) is 20.7 Å². The van der Waals surface area contributed by atoms with Crippen LogP contribution in [0.3, 0.4) is 0 Å². The van der Waals surface area contributed by atoms with E-state index in [-0.39, 0.29) is 12.5 Å². The maximum atomic E-state index is 11.9. The van der Waals surface area contributed by atoms with Crippen molar-refractivity contribution in [1.29, 1.82) is 0 Å². The van der Waals surface area contributed by atoms with Gasteiger partial charge in [0.25, 0.3) is 0 Å². The molecular weight excluding hydrogens is 292 g/mol. The number of nitrogens with one attached hydrogen (secondary N) is 1. The van der Waals surface area contributed by atoms with Gasteiger partial charge in [-0.05, 0) is 24.3 Å². The normalized spacial score (nSPS) is 10.3. The molecule has 0 aliphatic carbocycles. The number of hydrogen-bond donors (Lipinski definition) is 1. The molecule has 2 aromatic heterocycles. The minimum Gasteiger partial charge on any atom is -0.439 e. The first-order chi connectivity index (χ1) is 11.3. The summed E-state index contributed by atoms with van der Waals surface area (Å²) >= 11 is 0. The summed E-state index contributed by atoms with van der Waals surface area (Å²) in [6.45, 7) is 0.526. The van der Waals surface area contributed by atoms with Crippen molar-refractivity contribution in [2.24, 2.45) is 0 Å². The SMILES string of the molecule is O=C(Cn1cccn1)NCc1cccnc1Oc1ccccc1. The van der Waals surface area contributed by atoms with Crippen molar-refractivity contribution in [1.82, 2.24) is 20.1 Å². The summed E-state index contributed by atoms with van der Waals surface area (Å²) < 4.78 is 7.34. The fraction of sp³-hybridized carbons (Fsp3) is 0.118. The first-order valence-electron chi connectivity index (χ1n) is 7.22. The van der Waals surface area contributed by atoms with Gasteiger partial charge in [-0.25, -0.2) is 4.98 Å². The van der Waals surface area contributed by atoms with Gasteiger partial charge in [-0.1, -0.05) is 24.3 Å². The molecule has 0 spiro atoms. The summed E-state index contributed by atoms with van der Waals surface area (Å²) in [6, 6.07) is 14.9. The standard InChI is InChI=1S/C17H16N4O2/c22-16(13-21-11-5-10-20-21)19-12-14-6-4-9-18-17(14)23-15-7-2-1-3-8-15/h1-11H,12-13H2,(H,19,22). The van der Waals surface area contributed by atoms with Gasteiger partial charge in [-0.15, -0.1) is 0 Å². The highest BCUT2D eigenvalue weighted by Gasteiger charge is 2.08. The predicted octanol–water partition coefficient (Wildman–Crippen LogP) is 2.39. The number of aromatic nitrogens is 3. The van der Waals surface area contributed by atoms with E-state index in [0.717, 1.165) is 5.56 Å². The number of carbonyl (C=O) groups excluding carboxylic acids is 1. The molecule has 0 aliphatic heterocycles. The molecule has 0 saturated carbocycles. The molecular formula is C17H16N4O2. The Hall–Kier alpha value is -3.15. The van der Waals surface area contributed by atoms with Crippen LogP contribution in [-0.2, 0) is 17.9 Å². The number of nitrogens with zero attached hydrogens (tertiary/aromatic N) is 3. The molecule has 1 aromatic carbocycles. The number of pyridine rings is 1. The van der Waals surface area contributed by atoms with Crippen molar-refractivity contribution in [3.05, 3.63) is 72.7 Å². The quantitative estimate of drug-likeness (QED) is 0.759. The van der Waals surface area contributed by atoms with E-state index < -0.39 is 0 Å². The van der Waals surface area contributed by atoms with Crippen LogP contribution in [0.4, 0.5) is 0 Å². The predicted molar refractivity (Wildman–Crippen MR) is 84.8 cm³/mol. The van der Waals surface area contributed by atoms with Crippen LogP contribution in [0.25, 0.3) is 0 Å². The Kier molecular flexibility index (Phi) is 4.63. The maximum absolute atomic E-state index is 11.9. The molecule has 3 rings (SSSR count). The lowest BCUT2D eigenvalue weighted by atomic mass is 10.2. The van der Waals surface area contributed by atoms with Crippen LogP contribution in [0.5, 0.6) is 11.6 Å². The van der Waals surface area contributed by atoms with Crippen molar-refractivity contribution < 1.29 is 9.53 Å². The van der Waals surface area contributed by atoms with Crippen LogP contribution >= 0.6 is 0 Å². The summed E-state index contributed by atoms with van der Waals surface area (Å²) in [6.07, 6.45) is 5.04. The zero-order valence-electron chi connectivity index (χ0n) is 12.4. The molecule has 0 fully saturated rings. The first-order valence-corrected chi connectivity index (χ1v) is 7.22. The van der Waals surface area contributed by atoms with Crippen LogP contribution < -0.4 is 10.1 Å². The Bertz CT molecular complexity index is 757. The molecule has 3 aromatic rings. The van der Waals surface area contributed by atoms with Crippen molar-refractivity contribution in [2.75, 3.05) is 0 Å². The van der Waals surface area contributed by atoms with Crippen LogP contribution in [0.15, 0.2) is 67.1 Å². The van der Waals surface area contributed by atoms with Gasteiger partial charge in [-0.2, -0.15) is 5.10 Å². The highest BCUT2D eigenvalue weighted by Crippen LogP contribution is 2.22. The molecule has 1 N–H and O–H groups in total. The molecule has 0 saturated heterocycles. The highest BCUT2D eigenvalue weighted by atomic mass is 16.5. The molecule has 6 heteroatoms. The van der Waals surface area contributed by atoms with Gasteiger partial charge in [0, 0.05) is 30.7 Å². The van der Waals surface area contributed by atoms with E-state index in [1.54, 1.807) is 29.3 Å². The number of rotatable bonds is 6. The summed E-state index contributed by atoms with van der Waals surface area (Å²) in [5.74, 6) is 1.07. The van der Waals surface area contributed by atoms with E-state index in [9.17, 15) is 4.79 Å². The van der Waals surface area contributed by atoms with E-state index in [4.69, 9.17) is 4.74 Å². The Labute approximate surface area is 133 Å². The molecule has 2 heterocycles. The summed E-state index contributed by atoms with van der Waals surface area (Å²) in [5.41, 5.74) is 0.810. The Morgan fingerprint density at radius 3 is 2.74 bits per heavy atom. The van der Waals surface area contributed by atoms with Crippen LogP contribution in [0, 0.1) is 0 Å². The molecule has 0 radical (unpaired) electrons. The molecule has 0 unspecified atom stereocenters. The van der Waals surface area contributed by atoms with Gasteiger partial charge in [0.05, 0.1) is 0 Å². The number of carbonyl (C=O) groups is 1. The summed E-state index contributed by atoms with van der Waals surface area (Å²) in [5, 5.41) is 6.85. The highest BCUT2D eigenvalue weighted by molar-refractivity contribution is 5.75. The molecule has 1 amide bonds. The fourth-order valence-corrected chi connectivity index (χ4v) is 2.04. The van der Waals surface area contributed by atoms with Gasteiger partial charge in [0.1, 0.15) is 12.3 Å². The Balaban J connectivity index is 1.62. The van der Waals surface area contributed by atoms with Gasteiger partial charge in [0.2, 0.25) is 11.8 Å². The topological polar surface area (TPSA) is 69.0 Å². The van der Waals surface area contributed by atoms with Crippen LogP contribution in [0.1, 0.15) is 5.56 Å². The van der Waals surface area contributed by atoms with Crippen molar-refractivity contribution in [3.8, 4) is 11.6 Å². The summed E-state index contributed by atoms with van der Waals surface area (Å²) in [4.78, 5) is 16.2. The van der Waals surface area contributed by atoms with Gasteiger partial charge in [-0.3, -0.25) is 9.48 Å². The molecule has 6 nitrogen and oxygen atoms in total. The average molecular weight is 308 g/mol. The van der Waals surface area contributed by atoms with E-state index >= 15 is 0 Å². The lowest BCUT2D eigenvalue weighted by Gasteiger charge is -2.10. The number of ether oxygens (including phenoxy) is 1. The second-order valence-corrected chi connectivity index (χ2v) is 4.86. The lowest BCUT2D eigenvalue weighted by molar-refractivity contribution is -0.122. The average Bonchev–Trinajstić information content (AvgIpc) is 3.08. The number of benzene rings is 1. The van der Waals surface area contributed by atoms with Crippen LogP contribution in [0.2, 0.25) is 0 Å². The summed E-state index contributed by atoms with van der Waals surface area (Å²) in [7, 11) is 0. The maximum Gasteiger partial charge on any atom is 0.242 e. The lowest BCUT2D eigenvalue weighted by Crippen LogP contribution is -2.27. The second kappa shape index (κ2) is 7.22. The third kappa shape index (κ3) is 4.16. The largest absolute Gasteiger partial charge is 0.439 e. The minimum atomic E-state index is -0.122. The van der Waals surface area contributed by atoms with Gasteiger partial charge in [0.15, 0.2) is 0 Å². The fourth-order valence-electron chi connectivity index (χ4n) is 2.04. The van der Waals surface area contributed by atoms with E-state index in [1.807, 2.05) is 42.5 Å². The smallest absolute Gasteiger partial charge is 0.242 e. The number of amides is 1. The van der Waals surface area contributed by atoms with Crippen molar-refractivity contribution in [3.63, 3.8) is 0 Å².